The smallest absolute Gasteiger partial charge is 0.262 e. The molecule has 0 spiro atoms. The summed E-state index contributed by atoms with van der Waals surface area (Å²) in [5, 5.41) is 6.90. The van der Waals surface area contributed by atoms with E-state index in [4.69, 9.17) is 0 Å². The number of unbranched alkanes of at least 4 members (excludes halogenated alkanes) is 10. The molecule has 6 heteroatoms. The van der Waals surface area contributed by atoms with Crippen molar-refractivity contribution in [3.05, 3.63) is 126 Å². The van der Waals surface area contributed by atoms with Gasteiger partial charge in [0.15, 0.2) is 0 Å². The van der Waals surface area contributed by atoms with Gasteiger partial charge in [0, 0.05) is 40.4 Å². The molecule has 6 aromatic carbocycles. The summed E-state index contributed by atoms with van der Waals surface area (Å²) in [5.74, 6) is 0. The first-order valence-electron chi connectivity index (χ1n) is 20.2. The zero-order chi connectivity index (χ0) is 37.3. The average molecular weight is 717 g/mol. The van der Waals surface area contributed by atoms with E-state index < -0.39 is 0 Å². The quantitative estimate of drug-likeness (QED) is 0.0933. The molecule has 2 heterocycles. The molecule has 0 radical (unpaired) electrons. The van der Waals surface area contributed by atoms with E-state index in [1.165, 1.54) is 34.8 Å². The SMILES string of the molecule is CCCCCCCCn1c(=O)c2ccc3c4c(-c5ccccc5)c5c(=O)n(CCCCCCCC)c(=O)c5c(-c5ccccc5)c4c4ccc(c1=O)c2c34. The molecule has 54 heavy (non-hydrogen) atoms. The molecule has 0 aliphatic heterocycles. The van der Waals surface area contributed by atoms with Crippen molar-refractivity contribution < 1.29 is 0 Å². The van der Waals surface area contributed by atoms with Crippen LogP contribution in [0.2, 0.25) is 0 Å². The summed E-state index contributed by atoms with van der Waals surface area (Å²) >= 11 is 0. The molecule has 0 aliphatic carbocycles. The Bertz CT molecular complexity index is 2650. The molecular formula is C48H48N2O4. The van der Waals surface area contributed by atoms with Crippen LogP contribution in [-0.2, 0) is 13.1 Å². The number of fused-ring (bicyclic) bond motifs is 4. The summed E-state index contributed by atoms with van der Waals surface area (Å²) in [7, 11) is 0. The largest absolute Gasteiger partial charge is 0.274 e. The normalized spacial score (nSPS) is 12.1. The Balaban J connectivity index is 1.43. The van der Waals surface area contributed by atoms with Gasteiger partial charge in [-0.05, 0) is 63.0 Å². The second-order valence-corrected chi connectivity index (χ2v) is 15.1. The van der Waals surface area contributed by atoms with Gasteiger partial charge >= 0.3 is 0 Å². The topological polar surface area (TPSA) is 78.1 Å². The molecule has 0 fully saturated rings. The van der Waals surface area contributed by atoms with Gasteiger partial charge in [0.2, 0.25) is 0 Å². The number of aromatic nitrogens is 2. The first-order valence-corrected chi connectivity index (χ1v) is 20.2. The summed E-state index contributed by atoms with van der Waals surface area (Å²) in [5.41, 5.74) is 2.12. The summed E-state index contributed by atoms with van der Waals surface area (Å²) in [6.07, 6.45) is 12.7. The van der Waals surface area contributed by atoms with E-state index in [9.17, 15) is 19.2 Å². The van der Waals surface area contributed by atoms with Crippen molar-refractivity contribution in [2.75, 3.05) is 0 Å². The molecule has 0 N–H and O–H groups in total. The Morgan fingerprint density at radius 1 is 0.352 bits per heavy atom. The highest BCUT2D eigenvalue weighted by Crippen LogP contribution is 2.50. The third kappa shape index (κ3) is 5.87. The maximum atomic E-state index is 14.7. The highest BCUT2D eigenvalue weighted by Gasteiger charge is 2.30. The maximum Gasteiger partial charge on any atom is 0.262 e. The van der Waals surface area contributed by atoms with Crippen molar-refractivity contribution >= 4 is 53.9 Å². The molecule has 6 nitrogen and oxygen atoms in total. The third-order valence-electron chi connectivity index (χ3n) is 11.7. The minimum absolute atomic E-state index is 0.259. The van der Waals surface area contributed by atoms with Crippen LogP contribution in [-0.4, -0.2) is 9.13 Å². The molecule has 0 saturated carbocycles. The van der Waals surface area contributed by atoms with Crippen molar-refractivity contribution in [2.24, 2.45) is 0 Å². The van der Waals surface area contributed by atoms with E-state index in [0.29, 0.717) is 40.0 Å². The molecule has 274 valence electrons. The van der Waals surface area contributed by atoms with Crippen LogP contribution in [0.15, 0.2) is 104 Å². The van der Waals surface area contributed by atoms with Gasteiger partial charge in [0.05, 0.1) is 10.8 Å². The van der Waals surface area contributed by atoms with Crippen LogP contribution >= 0.6 is 0 Å². The zero-order valence-electron chi connectivity index (χ0n) is 31.5. The van der Waals surface area contributed by atoms with Gasteiger partial charge in [-0.3, -0.25) is 28.3 Å². The van der Waals surface area contributed by atoms with Gasteiger partial charge in [-0.1, -0.05) is 151 Å². The fraction of sp³-hybridized carbons (Fsp3) is 0.333. The fourth-order valence-electron chi connectivity index (χ4n) is 9.02. The fourth-order valence-corrected chi connectivity index (χ4v) is 9.02. The summed E-state index contributed by atoms with van der Waals surface area (Å²) in [4.78, 5) is 57.7. The first kappa shape index (κ1) is 35.7. The van der Waals surface area contributed by atoms with E-state index in [0.717, 1.165) is 101 Å². The molecule has 0 amide bonds. The van der Waals surface area contributed by atoms with Crippen molar-refractivity contribution in [1.29, 1.82) is 0 Å². The van der Waals surface area contributed by atoms with E-state index in [2.05, 4.69) is 13.8 Å². The lowest BCUT2D eigenvalue weighted by molar-refractivity contribution is 0.545. The monoisotopic (exact) mass is 716 g/mol. The predicted molar refractivity (Wildman–Crippen MR) is 226 cm³/mol. The van der Waals surface area contributed by atoms with Crippen LogP contribution < -0.4 is 22.2 Å². The zero-order valence-corrected chi connectivity index (χ0v) is 31.5. The Kier molecular flexibility index (Phi) is 10.0. The predicted octanol–water partition coefficient (Wildman–Crippen LogP) is 10.9. The Hall–Kier alpha value is -5.36. The van der Waals surface area contributed by atoms with Crippen molar-refractivity contribution in [2.45, 2.75) is 104 Å². The van der Waals surface area contributed by atoms with E-state index in [1.807, 2.05) is 84.9 Å². The number of rotatable bonds is 16. The summed E-state index contributed by atoms with van der Waals surface area (Å²) in [6.45, 7) is 5.17. The lowest BCUT2D eigenvalue weighted by atomic mass is 9.88. The average Bonchev–Trinajstić information content (AvgIpc) is 3.66. The highest BCUT2D eigenvalue weighted by atomic mass is 16.2. The number of nitrogens with zero attached hydrogens (tertiary/aromatic N) is 2. The van der Waals surface area contributed by atoms with Gasteiger partial charge in [0.25, 0.3) is 22.2 Å². The molecule has 0 aliphatic rings. The van der Waals surface area contributed by atoms with E-state index >= 15 is 0 Å². The maximum absolute atomic E-state index is 14.7. The second-order valence-electron chi connectivity index (χ2n) is 15.1. The summed E-state index contributed by atoms with van der Waals surface area (Å²) in [6, 6.07) is 27.5. The van der Waals surface area contributed by atoms with Gasteiger partial charge in [0.1, 0.15) is 0 Å². The minimum Gasteiger partial charge on any atom is -0.274 e. The molecule has 2 aromatic heterocycles. The second kappa shape index (κ2) is 15.2. The van der Waals surface area contributed by atoms with Gasteiger partial charge in [-0.2, -0.15) is 0 Å². The van der Waals surface area contributed by atoms with Crippen molar-refractivity contribution in [3.8, 4) is 22.3 Å². The number of hydrogen-bond donors (Lipinski definition) is 0. The van der Waals surface area contributed by atoms with E-state index in [1.54, 1.807) is 0 Å². The molecule has 8 rings (SSSR count). The standard InChI is InChI=1S/C48H48N2O4/c1-3-5-7-9-11-19-29-49-45(51)35-27-25-33-39-34(26-28-36(40(35)39)46(49)52)42-38(32-23-17-14-18-24-32)44-43(37(41(33)42)31-21-15-13-16-22-31)47(53)50(48(44)54)30-20-12-10-8-6-4-2/h13-18,21-28H,3-12,19-20,29-30H2,1-2H3. The highest BCUT2D eigenvalue weighted by molar-refractivity contribution is 6.42. The van der Waals surface area contributed by atoms with Crippen LogP contribution in [0.3, 0.4) is 0 Å². The van der Waals surface area contributed by atoms with Crippen molar-refractivity contribution in [3.63, 3.8) is 0 Å². The van der Waals surface area contributed by atoms with Crippen molar-refractivity contribution in [1.82, 2.24) is 9.13 Å². The van der Waals surface area contributed by atoms with Crippen LogP contribution in [0.25, 0.3) is 76.1 Å². The number of pyridine rings is 1. The Morgan fingerprint density at radius 2 is 0.704 bits per heavy atom. The van der Waals surface area contributed by atoms with Gasteiger partial charge < -0.3 is 0 Å². The van der Waals surface area contributed by atoms with E-state index in [-0.39, 0.29) is 22.2 Å². The van der Waals surface area contributed by atoms with Crippen LogP contribution in [0, 0.1) is 0 Å². The molecule has 0 atom stereocenters. The molecule has 0 bridgehead atoms. The Labute approximate surface area is 314 Å². The molecule has 0 unspecified atom stereocenters. The van der Waals surface area contributed by atoms with Crippen LogP contribution in [0.1, 0.15) is 90.9 Å². The molecule has 8 aromatic rings. The van der Waals surface area contributed by atoms with Gasteiger partial charge in [-0.25, -0.2) is 0 Å². The Morgan fingerprint density at radius 3 is 1.13 bits per heavy atom. The number of hydrogen-bond acceptors (Lipinski definition) is 4. The minimum atomic E-state index is -0.260. The lowest BCUT2D eigenvalue weighted by Gasteiger charge is -2.13. The molecule has 0 saturated heterocycles. The summed E-state index contributed by atoms with van der Waals surface area (Å²) < 4.78 is 2.89. The first-order chi connectivity index (χ1) is 26.5. The lowest BCUT2D eigenvalue weighted by Crippen LogP contribution is -2.33. The van der Waals surface area contributed by atoms with Crippen LogP contribution in [0.4, 0.5) is 0 Å². The van der Waals surface area contributed by atoms with Crippen LogP contribution in [0.5, 0.6) is 0 Å². The van der Waals surface area contributed by atoms with Gasteiger partial charge in [-0.15, -0.1) is 0 Å². The third-order valence-corrected chi connectivity index (χ3v) is 11.7. The number of benzene rings is 5. The molecular weight excluding hydrogens is 669 g/mol.